The molecule has 0 spiro atoms. The average Bonchev–Trinajstić information content (AvgIpc) is 2.99. The molecule has 3 aromatic carbocycles. The monoisotopic (exact) mass is 538 g/mol. The van der Waals surface area contributed by atoms with Crippen LogP contribution in [0.4, 0.5) is 11.4 Å². The number of nitrogens with zero attached hydrogens (tertiary/aromatic N) is 4. The van der Waals surface area contributed by atoms with E-state index in [1.165, 1.54) is 6.07 Å². The van der Waals surface area contributed by atoms with Crippen LogP contribution in [0, 0.1) is 28.1 Å². The maximum Gasteiger partial charge on any atom is 0.343 e. The van der Waals surface area contributed by atoms with Gasteiger partial charge in [-0.25, -0.2) is 4.79 Å². The second-order valence-electron chi connectivity index (χ2n) is 9.21. The number of hydrogen-bond acceptors (Lipinski definition) is 9. The van der Waals surface area contributed by atoms with Gasteiger partial charge in [0.05, 0.1) is 33.9 Å². The van der Waals surface area contributed by atoms with Crippen molar-refractivity contribution < 1.29 is 23.8 Å². The molecule has 0 saturated heterocycles. The van der Waals surface area contributed by atoms with Crippen molar-refractivity contribution in [3.05, 3.63) is 83.4 Å². The fourth-order valence-electron chi connectivity index (χ4n) is 3.77. The zero-order chi connectivity index (χ0) is 29.0. The van der Waals surface area contributed by atoms with Gasteiger partial charge in [-0.1, -0.05) is 20.3 Å². The van der Waals surface area contributed by atoms with Gasteiger partial charge < -0.3 is 14.2 Å². The highest BCUT2D eigenvalue weighted by Gasteiger charge is 2.31. The van der Waals surface area contributed by atoms with E-state index in [0.717, 1.165) is 19.3 Å². The Bertz CT molecular complexity index is 1440. The van der Waals surface area contributed by atoms with E-state index in [4.69, 9.17) is 19.5 Å². The Labute approximate surface area is 233 Å². The first kappa shape index (κ1) is 29.5. The maximum absolute atomic E-state index is 12.5. The van der Waals surface area contributed by atoms with E-state index >= 15 is 0 Å². The van der Waals surface area contributed by atoms with Crippen LogP contribution in [-0.4, -0.2) is 25.2 Å². The van der Waals surface area contributed by atoms with Gasteiger partial charge in [0.25, 0.3) is 0 Å². The van der Waals surface area contributed by atoms with Crippen molar-refractivity contribution in [2.24, 2.45) is 15.6 Å². The average molecular weight is 539 g/mol. The van der Waals surface area contributed by atoms with E-state index in [2.05, 4.69) is 10.2 Å². The molecule has 40 heavy (non-hydrogen) atoms. The lowest BCUT2D eigenvalue weighted by Crippen LogP contribution is -2.30. The quantitative estimate of drug-likeness (QED) is 0.103. The summed E-state index contributed by atoms with van der Waals surface area (Å²) in [7, 11) is 0. The van der Waals surface area contributed by atoms with Gasteiger partial charge in [-0.05, 0) is 86.5 Å². The molecule has 9 heteroatoms. The van der Waals surface area contributed by atoms with Gasteiger partial charge in [-0.15, -0.1) is 5.11 Å². The molecule has 9 nitrogen and oxygen atoms in total. The van der Waals surface area contributed by atoms with E-state index in [0.29, 0.717) is 34.0 Å². The van der Waals surface area contributed by atoms with Crippen LogP contribution in [0.1, 0.15) is 61.5 Å². The molecule has 0 fully saturated rings. The molecule has 0 aliphatic carbocycles. The van der Waals surface area contributed by atoms with Crippen LogP contribution in [0.15, 0.2) is 77.0 Å². The molecule has 0 N–H and O–H groups in total. The van der Waals surface area contributed by atoms with Crippen LogP contribution in [0.25, 0.3) is 0 Å². The highest BCUT2D eigenvalue weighted by molar-refractivity contribution is 5.91. The number of hydrogen-bond donors (Lipinski definition) is 0. The molecule has 0 aliphatic heterocycles. The van der Waals surface area contributed by atoms with E-state index in [-0.39, 0.29) is 24.7 Å². The number of rotatable bonds is 12. The summed E-state index contributed by atoms with van der Waals surface area (Å²) in [6.45, 7) is 6.29. The van der Waals surface area contributed by atoms with Gasteiger partial charge in [0.15, 0.2) is 0 Å². The third-order valence-electron chi connectivity index (χ3n) is 6.32. The predicted molar refractivity (Wildman–Crippen MR) is 148 cm³/mol. The molecule has 3 aromatic rings. The van der Waals surface area contributed by atoms with Crippen molar-refractivity contribution in [3.63, 3.8) is 0 Å². The lowest BCUT2D eigenvalue weighted by molar-refractivity contribution is -0.156. The molecule has 0 amide bonds. The summed E-state index contributed by atoms with van der Waals surface area (Å²) in [6.07, 6.45) is 2.41. The van der Waals surface area contributed by atoms with Gasteiger partial charge >= 0.3 is 11.9 Å². The Morgan fingerprint density at radius 3 is 2.20 bits per heavy atom. The summed E-state index contributed by atoms with van der Waals surface area (Å²) in [5.41, 5.74) is 1.31. The molecule has 0 saturated carbocycles. The maximum atomic E-state index is 12.5. The number of esters is 2. The molecule has 3 rings (SSSR count). The molecule has 204 valence electrons. The number of carbonyl (C=O) groups excluding carboxylic acids is 2. The second-order valence-corrected chi connectivity index (χ2v) is 9.21. The zero-order valence-corrected chi connectivity index (χ0v) is 22.7. The van der Waals surface area contributed by atoms with Crippen molar-refractivity contribution >= 4 is 23.3 Å². The summed E-state index contributed by atoms with van der Waals surface area (Å²) in [5, 5.41) is 26.4. The van der Waals surface area contributed by atoms with Gasteiger partial charge in [-0.2, -0.15) is 15.6 Å². The fourth-order valence-corrected chi connectivity index (χ4v) is 3.77. The topological polar surface area (TPSA) is 134 Å². The summed E-state index contributed by atoms with van der Waals surface area (Å²) < 4.78 is 16.4. The summed E-state index contributed by atoms with van der Waals surface area (Å²) in [4.78, 5) is 24.9. The number of carbonyl (C=O) groups is 2. The first-order chi connectivity index (χ1) is 19.3. The normalized spacial score (nSPS) is 12.1. The number of nitriles is 2. The fraction of sp³-hybridized carbons (Fsp3) is 0.290. The van der Waals surface area contributed by atoms with Crippen molar-refractivity contribution in [2.45, 2.75) is 40.0 Å². The summed E-state index contributed by atoms with van der Waals surface area (Å²) >= 11 is 0. The second kappa shape index (κ2) is 14.2. The molecule has 1 atom stereocenters. The first-order valence-corrected chi connectivity index (χ1v) is 12.9. The van der Waals surface area contributed by atoms with Gasteiger partial charge in [0.1, 0.15) is 36.5 Å². The zero-order valence-electron chi connectivity index (χ0n) is 22.7. The summed E-state index contributed by atoms with van der Waals surface area (Å²) in [6, 6.07) is 21.4. The number of azo groups is 1. The number of benzene rings is 3. The minimum absolute atomic E-state index is 0.143. The third kappa shape index (κ3) is 7.99. The molecule has 0 aliphatic rings. The molecule has 0 radical (unpaired) electrons. The highest BCUT2D eigenvalue weighted by atomic mass is 16.6. The third-order valence-corrected chi connectivity index (χ3v) is 6.32. The van der Waals surface area contributed by atoms with Gasteiger partial charge in [0, 0.05) is 0 Å². The minimum Gasteiger partial charge on any atom is -0.490 e. The van der Waals surface area contributed by atoms with Crippen LogP contribution in [0.2, 0.25) is 0 Å². The summed E-state index contributed by atoms with van der Waals surface area (Å²) in [5.74, 6) is 0.107. The highest BCUT2D eigenvalue weighted by Crippen LogP contribution is 2.29. The van der Waals surface area contributed by atoms with Crippen molar-refractivity contribution in [1.29, 1.82) is 10.5 Å². The Hall–Kier alpha value is -5.02. The van der Waals surface area contributed by atoms with Gasteiger partial charge in [0.2, 0.25) is 0 Å². The van der Waals surface area contributed by atoms with E-state index in [1.807, 2.05) is 32.9 Å². The molecule has 0 aromatic heterocycles. The van der Waals surface area contributed by atoms with Crippen molar-refractivity contribution in [3.8, 4) is 23.6 Å². The molecule has 1 unspecified atom stereocenters. The largest absolute Gasteiger partial charge is 0.490 e. The number of ether oxygens (including phenoxy) is 3. The Balaban J connectivity index is 1.49. The van der Waals surface area contributed by atoms with Crippen molar-refractivity contribution in [1.82, 2.24) is 0 Å². The molecule has 0 heterocycles. The van der Waals surface area contributed by atoms with E-state index in [9.17, 15) is 14.9 Å². The minimum atomic E-state index is -0.541. The van der Waals surface area contributed by atoms with E-state index < -0.39 is 11.4 Å². The van der Waals surface area contributed by atoms with E-state index in [1.54, 1.807) is 60.7 Å². The Morgan fingerprint density at radius 2 is 1.57 bits per heavy atom. The van der Waals surface area contributed by atoms with Crippen LogP contribution < -0.4 is 9.47 Å². The van der Waals surface area contributed by atoms with Crippen molar-refractivity contribution in [2.75, 3.05) is 13.2 Å². The molecular weight excluding hydrogens is 508 g/mol. The Morgan fingerprint density at radius 1 is 0.875 bits per heavy atom. The lowest BCUT2D eigenvalue weighted by Gasteiger charge is -2.25. The predicted octanol–water partition coefficient (Wildman–Crippen LogP) is 7.20. The van der Waals surface area contributed by atoms with Crippen LogP contribution >= 0.6 is 0 Å². The lowest BCUT2D eigenvalue weighted by atomic mass is 9.83. The first-order valence-electron chi connectivity index (χ1n) is 12.9. The van der Waals surface area contributed by atoms with Crippen LogP contribution in [0.5, 0.6) is 11.5 Å². The van der Waals surface area contributed by atoms with Gasteiger partial charge in [-0.3, -0.25) is 4.79 Å². The molecular formula is C31H30N4O5. The van der Waals surface area contributed by atoms with Crippen LogP contribution in [0.3, 0.4) is 0 Å². The van der Waals surface area contributed by atoms with Crippen LogP contribution in [-0.2, 0) is 9.53 Å². The smallest absolute Gasteiger partial charge is 0.343 e. The molecule has 0 bridgehead atoms. The standard InChI is InChI=1S/C31H30N4O5/c1-4-16-31(3,5-2)30(37)39-18-17-38-26-11-7-23(8-12-26)29(36)40-27-13-9-25(10-14-27)34-35-28-15-6-22(20-32)19-24(28)21-33/h6-15,19H,4-5,16-18H2,1-3H3. The SMILES string of the molecule is CCCC(C)(CC)C(=O)OCCOc1ccc(C(=O)Oc2ccc(N=Nc3ccc(C#N)cc3C#N)cc2)cc1. The Kier molecular flexibility index (Phi) is 10.5.